The average Bonchev–Trinajstić information content (AvgIpc) is 3.11. The number of thiazole rings is 1. The number of aliphatic carboxylic acids is 1. The van der Waals surface area contributed by atoms with Crippen molar-refractivity contribution in [3.8, 4) is 5.13 Å². The first-order valence-corrected chi connectivity index (χ1v) is 8.37. The summed E-state index contributed by atoms with van der Waals surface area (Å²) < 4.78 is 1.90. The Balaban J connectivity index is 2.30. The van der Waals surface area contributed by atoms with Gasteiger partial charge in [-0.1, -0.05) is 20.3 Å². The highest BCUT2D eigenvalue weighted by Gasteiger charge is 2.27. The van der Waals surface area contributed by atoms with Crippen LogP contribution in [0.1, 0.15) is 42.0 Å². The fraction of sp³-hybridized carbons (Fsp3) is 0.438. The van der Waals surface area contributed by atoms with Gasteiger partial charge in [0.15, 0.2) is 5.13 Å². The molecule has 2 atom stereocenters. The maximum absolute atomic E-state index is 12.5. The van der Waals surface area contributed by atoms with Gasteiger partial charge in [0.05, 0.1) is 5.56 Å². The lowest BCUT2D eigenvalue weighted by molar-refractivity contribution is -0.140. The SMILES string of the molecule is CC[C@H](C)[C@H](NC(=O)c1cc(C)n(-c2nccs2)c1C)C(=O)O. The number of hydrogen-bond acceptors (Lipinski definition) is 4. The molecule has 0 spiro atoms. The number of aromatic nitrogens is 2. The van der Waals surface area contributed by atoms with Crippen molar-refractivity contribution >= 4 is 23.2 Å². The van der Waals surface area contributed by atoms with Crippen molar-refractivity contribution in [2.45, 2.75) is 40.2 Å². The van der Waals surface area contributed by atoms with Crippen molar-refractivity contribution in [2.24, 2.45) is 5.92 Å². The smallest absolute Gasteiger partial charge is 0.326 e. The van der Waals surface area contributed by atoms with Gasteiger partial charge in [-0.15, -0.1) is 11.3 Å². The van der Waals surface area contributed by atoms with Gasteiger partial charge in [-0.25, -0.2) is 9.78 Å². The third-order valence-electron chi connectivity index (χ3n) is 4.05. The van der Waals surface area contributed by atoms with Crippen LogP contribution in [-0.4, -0.2) is 32.6 Å². The Kier molecular flexibility index (Phi) is 5.20. The highest BCUT2D eigenvalue weighted by atomic mass is 32.1. The Morgan fingerprint density at radius 3 is 2.65 bits per heavy atom. The zero-order chi connectivity index (χ0) is 17.1. The second-order valence-electron chi connectivity index (χ2n) is 5.61. The average molecular weight is 335 g/mol. The van der Waals surface area contributed by atoms with E-state index in [-0.39, 0.29) is 11.8 Å². The molecule has 23 heavy (non-hydrogen) atoms. The van der Waals surface area contributed by atoms with E-state index in [1.165, 1.54) is 11.3 Å². The van der Waals surface area contributed by atoms with Gasteiger partial charge in [0, 0.05) is 23.0 Å². The molecule has 0 aliphatic rings. The fourth-order valence-electron chi connectivity index (χ4n) is 2.52. The Hall–Kier alpha value is -2.15. The zero-order valence-electron chi connectivity index (χ0n) is 13.7. The molecule has 2 heterocycles. The molecule has 0 unspecified atom stereocenters. The predicted octanol–water partition coefficient (Wildman–Crippen LogP) is 2.78. The topological polar surface area (TPSA) is 84.2 Å². The molecule has 1 amide bonds. The first kappa shape index (κ1) is 17.2. The van der Waals surface area contributed by atoms with Gasteiger partial charge in [0.1, 0.15) is 6.04 Å². The molecule has 0 radical (unpaired) electrons. The van der Waals surface area contributed by atoms with Gasteiger partial charge in [-0.05, 0) is 25.8 Å². The van der Waals surface area contributed by atoms with Crippen LogP contribution in [-0.2, 0) is 4.79 Å². The van der Waals surface area contributed by atoms with Crippen molar-refractivity contribution in [1.82, 2.24) is 14.9 Å². The number of amides is 1. The standard InChI is InChI=1S/C16H21N3O3S/c1-5-9(2)13(15(21)22)18-14(20)12-8-10(3)19(11(12)4)16-17-6-7-23-16/h6-9,13H,5H2,1-4H3,(H,18,20)(H,21,22)/t9-,13-/m0/s1. The number of carboxylic acid groups (broad SMARTS) is 1. The number of aryl methyl sites for hydroxylation is 1. The number of nitrogens with zero attached hydrogens (tertiary/aromatic N) is 2. The van der Waals surface area contributed by atoms with Gasteiger partial charge < -0.3 is 10.4 Å². The van der Waals surface area contributed by atoms with Gasteiger partial charge in [-0.2, -0.15) is 0 Å². The monoisotopic (exact) mass is 335 g/mol. The minimum absolute atomic E-state index is 0.140. The number of carbonyl (C=O) groups excluding carboxylic acids is 1. The highest BCUT2D eigenvalue weighted by Crippen LogP contribution is 2.22. The maximum Gasteiger partial charge on any atom is 0.326 e. The summed E-state index contributed by atoms with van der Waals surface area (Å²) in [5, 5.41) is 14.6. The zero-order valence-corrected chi connectivity index (χ0v) is 14.5. The first-order chi connectivity index (χ1) is 10.9. The molecule has 2 aromatic heterocycles. The lowest BCUT2D eigenvalue weighted by Crippen LogP contribution is -2.45. The minimum Gasteiger partial charge on any atom is -0.480 e. The van der Waals surface area contributed by atoms with Gasteiger partial charge in [0.25, 0.3) is 5.91 Å². The van der Waals surface area contributed by atoms with Crippen LogP contribution in [0.4, 0.5) is 0 Å². The summed E-state index contributed by atoms with van der Waals surface area (Å²) in [7, 11) is 0. The van der Waals surface area contributed by atoms with Crippen molar-refractivity contribution in [1.29, 1.82) is 0 Å². The summed E-state index contributed by atoms with van der Waals surface area (Å²) in [6, 6.07) is 0.872. The van der Waals surface area contributed by atoms with Crippen LogP contribution < -0.4 is 5.32 Å². The van der Waals surface area contributed by atoms with E-state index in [4.69, 9.17) is 0 Å². The van der Waals surface area contributed by atoms with Crippen molar-refractivity contribution in [3.63, 3.8) is 0 Å². The van der Waals surface area contributed by atoms with Crippen LogP contribution in [0.3, 0.4) is 0 Å². The van der Waals surface area contributed by atoms with E-state index >= 15 is 0 Å². The van der Waals surface area contributed by atoms with E-state index in [1.807, 2.05) is 37.6 Å². The van der Waals surface area contributed by atoms with E-state index in [0.717, 1.165) is 16.5 Å². The molecule has 0 aliphatic carbocycles. The quantitative estimate of drug-likeness (QED) is 0.850. The number of rotatable bonds is 6. The van der Waals surface area contributed by atoms with E-state index in [1.54, 1.807) is 12.3 Å². The maximum atomic E-state index is 12.5. The molecular formula is C16H21N3O3S. The second-order valence-corrected chi connectivity index (χ2v) is 6.48. The van der Waals surface area contributed by atoms with Gasteiger partial charge in [-0.3, -0.25) is 9.36 Å². The first-order valence-electron chi connectivity index (χ1n) is 7.49. The molecule has 0 saturated carbocycles. The summed E-state index contributed by atoms with van der Waals surface area (Å²) >= 11 is 1.48. The summed E-state index contributed by atoms with van der Waals surface area (Å²) in [6.45, 7) is 7.45. The van der Waals surface area contributed by atoms with E-state index in [9.17, 15) is 14.7 Å². The molecular weight excluding hydrogens is 314 g/mol. The van der Waals surface area contributed by atoms with Crippen LogP contribution in [0.2, 0.25) is 0 Å². The van der Waals surface area contributed by atoms with E-state index < -0.39 is 12.0 Å². The lowest BCUT2D eigenvalue weighted by atomic mass is 9.99. The van der Waals surface area contributed by atoms with Crippen LogP contribution in [0.5, 0.6) is 0 Å². The normalized spacial score (nSPS) is 13.6. The highest BCUT2D eigenvalue weighted by molar-refractivity contribution is 7.12. The summed E-state index contributed by atoms with van der Waals surface area (Å²) in [4.78, 5) is 28.2. The number of hydrogen-bond donors (Lipinski definition) is 2. The van der Waals surface area contributed by atoms with Crippen LogP contribution >= 0.6 is 11.3 Å². The Bertz CT molecular complexity index is 706. The number of carbonyl (C=O) groups is 2. The fourth-order valence-corrected chi connectivity index (χ4v) is 3.27. The van der Waals surface area contributed by atoms with Crippen molar-refractivity contribution < 1.29 is 14.7 Å². The number of carboxylic acids is 1. The van der Waals surface area contributed by atoms with Crippen molar-refractivity contribution in [2.75, 3.05) is 0 Å². The number of nitrogens with one attached hydrogen (secondary N) is 1. The second kappa shape index (κ2) is 6.95. The molecule has 0 bridgehead atoms. The van der Waals surface area contributed by atoms with Crippen LogP contribution in [0.25, 0.3) is 5.13 Å². The molecule has 6 nitrogen and oxygen atoms in total. The van der Waals surface area contributed by atoms with Crippen LogP contribution in [0.15, 0.2) is 17.6 Å². The Morgan fingerprint density at radius 1 is 1.43 bits per heavy atom. The molecule has 0 aliphatic heterocycles. The largest absolute Gasteiger partial charge is 0.480 e. The molecule has 7 heteroatoms. The summed E-state index contributed by atoms with van der Waals surface area (Å²) in [6.07, 6.45) is 2.39. The molecule has 2 N–H and O–H groups in total. The molecule has 0 aromatic carbocycles. The minimum atomic E-state index is -1.01. The predicted molar refractivity (Wildman–Crippen MR) is 89.3 cm³/mol. The summed E-state index contributed by atoms with van der Waals surface area (Å²) in [5.41, 5.74) is 2.12. The summed E-state index contributed by atoms with van der Waals surface area (Å²) in [5.74, 6) is -1.52. The van der Waals surface area contributed by atoms with Gasteiger partial charge >= 0.3 is 5.97 Å². The van der Waals surface area contributed by atoms with E-state index in [0.29, 0.717) is 12.0 Å². The Morgan fingerprint density at radius 2 is 2.13 bits per heavy atom. The lowest BCUT2D eigenvalue weighted by Gasteiger charge is -2.20. The van der Waals surface area contributed by atoms with Crippen LogP contribution in [0, 0.1) is 19.8 Å². The van der Waals surface area contributed by atoms with Crippen molar-refractivity contribution in [3.05, 3.63) is 34.6 Å². The molecule has 0 fully saturated rings. The molecule has 2 aromatic rings. The molecule has 124 valence electrons. The molecule has 0 saturated heterocycles. The van der Waals surface area contributed by atoms with E-state index in [2.05, 4.69) is 10.3 Å². The Labute approximate surface area is 139 Å². The van der Waals surface area contributed by atoms with Gasteiger partial charge in [0.2, 0.25) is 0 Å². The third-order valence-corrected chi connectivity index (χ3v) is 4.81. The third kappa shape index (κ3) is 3.44. The molecule has 2 rings (SSSR count).